The molecule has 1 unspecified atom stereocenters. The number of carbonyl (C=O) groups is 2. The number of carbonyl (C=O) groups excluding carboxylic acids is 1. The quantitative estimate of drug-likeness (QED) is 0.750. The zero-order valence-electron chi connectivity index (χ0n) is 10.5. The Hall–Kier alpha value is -2.04. The average molecular weight is 251 g/mol. The minimum Gasteiger partial charge on any atom is -0.496 e. The van der Waals surface area contributed by atoms with Crippen LogP contribution in [-0.2, 0) is 16.1 Å². The van der Waals surface area contributed by atoms with E-state index in [2.05, 4.69) is 5.32 Å². The number of carboxylic acid groups (broad SMARTS) is 1. The average Bonchev–Trinajstić information content (AvgIpc) is 2.37. The molecule has 1 amide bonds. The molecule has 98 valence electrons. The van der Waals surface area contributed by atoms with Gasteiger partial charge in [0.05, 0.1) is 7.11 Å². The highest BCUT2D eigenvalue weighted by Gasteiger charge is 2.23. The molecule has 18 heavy (non-hydrogen) atoms. The molecule has 5 heteroatoms. The van der Waals surface area contributed by atoms with Gasteiger partial charge in [0.2, 0.25) is 5.91 Å². The summed E-state index contributed by atoms with van der Waals surface area (Å²) in [5.41, 5.74) is 0.814. The lowest BCUT2D eigenvalue weighted by molar-refractivity contribution is -0.147. The fourth-order valence-corrected chi connectivity index (χ4v) is 1.63. The molecule has 1 atom stereocenters. The van der Waals surface area contributed by atoms with Gasteiger partial charge in [-0.3, -0.25) is 9.59 Å². The van der Waals surface area contributed by atoms with Crippen molar-refractivity contribution in [3.63, 3.8) is 0 Å². The van der Waals surface area contributed by atoms with E-state index in [1.165, 1.54) is 0 Å². The smallest absolute Gasteiger partial charge is 0.316 e. The van der Waals surface area contributed by atoms with Crippen LogP contribution in [0.15, 0.2) is 24.3 Å². The van der Waals surface area contributed by atoms with E-state index in [9.17, 15) is 9.59 Å². The molecule has 0 aliphatic rings. The molecule has 0 saturated heterocycles. The maximum atomic E-state index is 11.7. The van der Waals surface area contributed by atoms with Crippen LogP contribution in [0.3, 0.4) is 0 Å². The van der Waals surface area contributed by atoms with Crippen LogP contribution in [0.5, 0.6) is 5.75 Å². The Balaban J connectivity index is 2.64. The highest BCUT2D eigenvalue weighted by atomic mass is 16.5. The van der Waals surface area contributed by atoms with Crippen LogP contribution in [0.1, 0.15) is 18.9 Å². The van der Waals surface area contributed by atoms with Crippen LogP contribution in [-0.4, -0.2) is 24.1 Å². The Morgan fingerprint density at radius 1 is 1.39 bits per heavy atom. The third-order valence-electron chi connectivity index (χ3n) is 2.67. The third-order valence-corrected chi connectivity index (χ3v) is 2.67. The van der Waals surface area contributed by atoms with Crippen molar-refractivity contribution in [1.29, 1.82) is 0 Å². The van der Waals surface area contributed by atoms with Crippen molar-refractivity contribution in [2.75, 3.05) is 7.11 Å². The van der Waals surface area contributed by atoms with Crippen molar-refractivity contribution in [2.45, 2.75) is 19.9 Å². The molecule has 5 nitrogen and oxygen atoms in total. The van der Waals surface area contributed by atoms with Crippen LogP contribution in [0.4, 0.5) is 0 Å². The summed E-state index contributed by atoms with van der Waals surface area (Å²) in [5.74, 6) is -1.91. The standard InChI is InChI=1S/C13H17NO4/c1-3-10(13(16)17)12(15)14-8-9-6-4-5-7-11(9)18-2/h4-7,10H,3,8H2,1-2H3,(H,14,15)(H,16,17). The van der Waals surface area contributed by atoms with Gasteiger partial charge in [0.1, 0.15) is 11.7 Å². The molecule has 0 aliphatic heterocycles. The number of methoxy groups -OCH3 is 1. The monoisotopic (exact) mass is 251 g/mol. The number of carboxylic acids is 1. The van der Waals surface area contributed by atoms with Crippen LogP contribution in [0.2, 0.25) is 0 Å². The maximum Gasteiger partial charge on any atom is 0.316 e. The van der Waals surface area contributed by atoms with E-state index in [4.69, 9.17) is 9.84 Å². The Bertz CT molecular complexity index is 431. The number of amides is 1. The molecule has 0 aromatic heterocycles. The number of para-hydroxylation sites is 1. The molecule has 0 spiro atoms. The van der Waals surface area contributed by atoms with Gasteiger partial charge in [0, 0.05) is 12.1 Å². The van der Waals surface area contributed by atoms with Crippen LogP contribution in [0, 0.1) is 5.92 Å². The summed E-state index contributed by atoms with van der Waals surface area (Å²) in [6.45, 7) is 1.92. The second kappa shape index (κ2) is 6.64. The van der Waals surface area contributed by atoms with Crippen molar-refractivity contribution < 1.29 is 19.4 Å². The topological polar surface area (TPSA) is 75.6 Å². The zero-order valence-corrected chi connectivity index (χ0v) is 10.5. The molecule has 0 heterocycles. The first kappa shape index (κ1) is 14.0. The van der Waals surface area contributed by atoms with E-state index in [0.29, 0.717) is 5.75 Å². The van der Waals surface area contributed by atoms with Crippen LogP contribution in [0.25, 0.3) is 0 Å². The molecule has 0 radical (unpaired) electrons. The van der Waals surface area contributed by atoms with Gasteiger partial charge < -0.3 is 15.2 Å². The fourth-order valence-electron chi connectivity index (χ4n) is 1.63. The molecular weight excluding hydrogens is 234 g/mol. The molecule has 0 saturated carbocycles. The number of hydrogen-bond acceptors (Lipinski definition) is 3. The predicted octanol–water partition coefficient (Wildman–Crippen LogP) is 1.42. The summed E-state index contributed by atoms with van der Waals surface area (Å²) in [4.78, 5) is 22.5. The lowest BCUT2D eigenvalue weighted by atomic mass is 10.1. The second-order valence-corrected chi connectivity index (χ2v) is 3.83. The van der Waals surface area contributed by atoms with Crippen molar-refractivity contribution in [3.05, 3.63) is 29.8 Å². The van der Waals surface area contributed by atoms with Gasteiger partial charge in [-0.25, -0.2) is 0 Å². The van der Waals surface area contributed by atoms with Gasteiger partial charge in [-0.2, -0.15) is 0 Å². The first-order valence-electron chi connectivity index (χ1n) is 5.72. The Morgan fingerprint density at radius 3 is 2.61 bits per heavy atom. The molecule has 2 N–H and O–H groups in total. The predicted molar refractivity (Wildman–Crippen MR) is 66.3 cm³/mol. The van der Waals surface area contributed by atoms with E-state index in [1.54, 1.807) is 20.1 Å². The highest BCUT2D eigenvalue weighted by Crippen LogP contribution is 2.17. The third kappa shape index (κ3) is 3.48. The van der Waals surface area contributed by atoms with E-state index >= 15 is 0 Å². The van der Waals surface area contributed by atoms with Gasteiger partial charge in [-0.15, -0.1) is 0 Å². The van der Waals surface area contributed by atoms with E-state index in [-0.39, 0.29) is 13.0 Å². The fraction of sp³-hybridized carbons (Fsp3) is 0.385. The number of ether oxygens (including phenoxy) is 1. The molecular formula is C13H17NO4. The van der Waals surface area contributed by atoms with Gasteiger partial charge >= 0.3 is 5.97 Å². The number of benzene rings is 1. The summed E-state index contributed by atoms with van der Waals surface area (Å²) < 4.78 is 5.14. The summed E-state index contributed by atoms with van der Waals surface area (Å²) in [5, 5.41) is 11.5. The molecule has 1 rings (SSSR count). The number of hydrogen-bond donors (Lipinski definition) is 2. The SMILES string of the molecule is CCC(C(=O)O)C(=O)NCc1ccccc1OC. The van der Waals surface area contributed by atoms with Gasteiger partial charge in [0.15, 0.2) is 0 Å². The molecule has 0 bridgehead atoms. The van der Waals surface area contributed by atoms with Crippen LogP contribution >= 0.6 is 0 Å². The van der Waals surface area contributed by atoms with Crippen molar-refractivity contribution in [2.24, 2.45) is 5.92 Å². The second-order valence-electron chi connectivity index (χ2n) is 3.83. The first-order valence-corrected chi connectivity index (χ1v) is 5.72. The van der Waals surface area contributed by atoms with E-state index in [1.807, 2.05) is 18.2 Å². The number of aliphatic carboxylic acids is 1. The largest absolute Gasteiger partial charge is 0.496 e. The molecule has 1 aromatic carbocycles. The Morgan fingerprint density at radius 2 is 2.06 bits per heavy atom. The van der Waals surface area contributed by atoms with Crippen molar-refractivity contribution in [3.8, 4) is 5.75 Å². The summed E-state index contributed by atoms with van der Waals surface area (Å²) >= 11 is 0. The Kier molecular flexibility index (Phi) is 5.17. The first-order chi connectivity index (χ1) is 8.60. The van der Waals surface area contributed by atoms with E-state index < -0.39 is 17.8 Å². The summed E-state index contributed by atoms with van der Waals surface area (Å²) in [7, 11) is 1.55. The zero-order chi connectivity index (χ0) is 13.5. The van der Waals surface area contributed by atoms with Crippen molar-refractivity contribution in [1.82, 2.24) is 5.32 Å². The minimum atomic E-state index is -1.10. The highest BCUT2D eigenvalue weighted by molar-refractivity contribution is 5.96. The van der Waals surface area contributed by atoms with Crippen molar-refractivity contribution >= 4 is 11.9 Å². The maximum absolute atomic E-state index is 11.7. The van der Waals surface area contributed by atoms with Gasteiger partial charge in [0.25, 0.3) is 0 Å². The summed E-state index contributed by atoms with van der Waals surface area (Å²) in [6.07, 6.45) is 0.271. The number of nitrogens with one attached hydrogen (secondary N) is 1. The number of rotatable bonds is 6. The van der Waals surface area contributed by atoms with Gasteiger partial charge in [-0.05, 0) is 12.5 Å². The minimum absolute atomic E-state index is 0.257. The molecule has 0 aliphatic carbocycles. The van der Waals surface area contributed by atoms with Crippen LogP contribution < -0.4 is 10.1 Å². The normalized spacial score (nSPS) is 11.7. The molecule has 1 aromatic rings. The molecule has 0 fully saturated rings. The van der Waals surface area contributed by atoms with Gasteiger partial charge in [-0.1, -0.05) is 25.1 Å². The lowest BCUT2D eigenvalue weighted by Crippen LogP contribution is -2.34. The Labute approximate surface area is 106 Å². The summed E-state index contributed by atoms with van der Waals surface area (Å²) in [6, 6.07) is 7.27. The lowest BCUT2D eigenvalue weighted by Gasteiger charge is -2.12. The van der Waals surface area contributed by atoms with E-state index in [0.717, 1.165) is 5.56 Å².